The second kappa shape index (κ2) is 8.45. The lowest BCUT2D eigenvalue weighted by molar-refractivity contribution is 0.139. The first kappa shape index (κ1) is 23.0. The number of sulfonamides is 1. The Morgan fingerprint density at radius 3 is 2.61 bits per heavy atom. The first-order valence-electron chi connectivity index (χ1n) is 11.4. The van der Waals surface area contributed by atoms with E-state index in [4.69, 9.17) is 25.8 Å². The second-order valence-corrected chi connectivity index (χ2v) is 11.7. The third-order valence-electron chi connectivity index (χ3n) is 7.84. The van der Waals surface area contributed by atoms with Crippen molar-refractivity contribution in [3.8, 4) is 11.5 Å². The number of rotatable bonds is 7. The molecule has 0 aromatic heterocycles. The molecule has 0 bridgehead atoms. The molecule has 178 valence electrons. The van der Waals surface area contributed by atoms with Crippen molar-refractivity contribution in [2.75, 3.05) is 27.8 Å². The van der Waals surface area contributed by atoms with Crippen LogP contribution in [0.5, 0.6) is 11.5 Å². The lowest BCUT2D eigenvalue weighted by atomic mass is 9.55. The minimum Gasteiger partial charge on any atom is -0.493 e. The number of epoxide rings is 1. The Bertz CT molecular complexity index is 1160. The minimum absolute atomic E-state index is 0.0419. The minimum atomic E-state index is -3.59. The molecule has 2 aliphatic carbocycles. The first-order valence-corrected chi connectivity index (χ1v) is 13.3. The van der Waals surface area contributed by atoms with Crippen molar-refractivity contribution in [2.24, 2.45) is 5.92 Å². The zero-order chi connectivity index (χ0) is 23.4. The van der Waals surface area contributed by atoms with Gasteiger partial charge in [0.1, 0.15) is 0 Å². The SMILES string of the molecule is COc1cc(Cl)c2c(c1OC)[C@]1(CCN(C)S(=O)(=O)c3ccccc3)[C@H](CC2)CC[C@H]2O[C@H]21. The average molecular weight is 492 g/mol. The fourth-order valence-electron chi connectivity index (χ4n) is 6.18. The van der Waals surface area contributed by atoms with Gasteiger partial charge in [-0.05, 0) is 55.7 Å². The number of hydrogen-bond acceptors (Lipinski definition) is 5. The van der Waals surface area contributed by atoms with Crippen molar-refractivity contribution in [1.29, 1.82) is 0 Å². The Kier molecular flexibility index (Phi) is 5.88. The van der Waals surface area contributed by atoms with Gasteiger partial charge in [0.25, 0.3) is 0 Å². The van der Waals surface area contributed by atoms with E-state index in [1.54, 1.807) is 45.5 Å². The van der Waals surface area contributed by atoms with Crippen molar-refractivity contribution in [1.82, 2.24) is 4.31 Å². The topological polar surface area (TPSA) is 68.4 Å². The molecule has 5 rings (SSSR count). The van der Waals surface area contributed by atoms with Crippen LogP contribution in [0.1, 0.15) is 36.8 Å². The van der Waals surface area contributed by atoms with Crippen molar-refractivity contribution < 1.29 is 22.6 Å². The van der Waals surface area contributed by atoms with Gasteiger partial charge in [0.15, 0.2) is 11.5 Å². The largest absolute Gasteiger partial charge is 0.493 e. The molecular formula is C25H30ClNO5S. The quantitative estimate of drug-likeness (QED) is 0.536. The highest BCUT2D eigenvalue weighted by atomic mass is 35.5. The van der Waals surface area contributed by atoms with E-state index in [1.807, 2.05) is 12.1 Å². The molecule has 1 saturated carbocycles. The zero-order valence-corrected chi connectivity index (χ0v) is 20.8. The fraction of sp³-hybridized carbons (Fsp3) is 0.520. The molecule has 0 spiro atoms. The lowest BCUT2D eigenvalue weighted by Gasteiger charge is -2.48. The van der Waals surface area contributed by atoms with Crippen LogP contribution in [0.4, 0.5) is 0 Å². The fourth-order valence-corrected chi connectivity index (χ4v) is 7.66. The van der Waals surface area contributed by atoms with Gasteiger partial charge in [-0.2, -0.15) is 0 Å². The van der Waals surface area contributed by atoms with E-state index in [2.05, 4.69) is 0 Å². The van der Waals surface area contributed by atoms with Crippen molar-refractivity contribution in [3.05, 3.63) is 52.5 Å². The summed E-state index contributed by atoms with van der Waals surface area (Å²) in [6, 6.07) is 10.4. The van der Waals surface area contributed by atoms with Crippen LogP contribution in [0.15, 0.2) is 41.3 Å². The van der Waals surface area contributed by atoms with E-state index in [0.29, 0.717) is 40.3 Å². The van der Waals surface area contributed by atoms with Crippen LogP contribution in [-0.4, -0.2) is 52.7 Å². The molecule has 0 radical (unpaired) electrons. The number of benzene rings is 2. The van der Waals surface area contributed by atoms with Gasteiger partial charge in [0.05, 0.1) is 31.3 Å². The third-order valence-corrected chi connectivity index (χ3v) is 10.0. The molecule has 2 aromatic carbocycles. The second-order valence-electron chi connectivity index (χ2n) is 9.29. The summed E-state index contributed by atoms with van der Waals surface area (Å²) in [5.41, 5.74) is 1.78. The van der Waals surface area contributed by atoms with Gasteiger partial charge in [-0.1, -0.05) is 29.8 Å². The maximum atomic E-state index is 13.2. The molecule has 8 heteroatoms. The Morgan fingerprint density at radius 2 is 1.91 bits per heavy atom. The van der Waals surface area contributed by atoms with E-state index < -0.39 is 10.0 Å². The summed E-state index contributed by atoms with van der Waals surface area (Å²) in [4.78, 5) is 0.303. The van der Waals surface area contributed by atoms with Crippen LogP contribution >= 0.6 is 11.6 Å². The average Bonchev–Trinajstić information content (AvgIpc) is 3.63. The van der Waals surface area contributed by atoms with Gasteiger partial charge in [0.2, 0.25) is 10.0 Å². The highest BCUT2D eigenvalue weighted by Gasteiger charge is 2.64. The summed E-state index contributed by atoms with van der Waals surface area (Å²) in [7, 11) is 1.34. The maximum absolute atomic E-state index is 13.2. The summed E-state index contributed by atoms with van der Waals surface area (Å²) >= 11 is 6.74. The van der Waals surface area contributed by atoms with Crippen LogP contribution in [0.3, 0.4) is 0 Å². The molecule has 6 nitrogen and oxygen atoms in total. The standard InChI is InChI=1S/C25H30ClNO5S/c1-27(33(28,29)17-7-5-4-6-8-17)14-13-25-16(10-12-20-24(25)32-20)9-11-18-19(26)15-21(30-2)23(31-3)22(18)25/h4-8,15-16,20,24H,9-14H2,1-3H3/t16-,20-,24-,25+/m1/s1. The highest BCUT2D eigenvalue weighted by Crippen LogP contribution is 2.63. The van der Waals surface area contributed by atoms with Crippen LogP contribution in [0.25, 0.3) is 0 Å². The summed E-state index contributed by atoms with van der Waals surface area (Å²) in [6.45, 7) is 0.373. The molecule has 2 aromatic rings. The highest BCUT2D eigenvalue weighted by molar-refractivity contribution is 7.89. The summed E-state index contributed by atoms with van der Waals surface area (Å²) in [5.74, 6) is 1.68. The van der Waals surface area contributed by atoms with Gasteiger partial charge >= 0.3 is 0 Å². The normalized spacial score (nSPS) is 28.0. The smallest absolute Gasteiger partial charge is 0.242 e. The number of methoxy groups -OCH3 is 2. The Morgan fingerprint density at radius 1 is 1.15 bits per heavy atom. The first-order chi connectivity index (χ1) is 15.8. The molecule has 1 saturated heterocycles. The van der Waals surface area contributed by atoms with E-state index in [-0.39, 0.29) is 17.6 Å². The van der Waals surface area contributed by atoms with Crippen molar-refractivity contribution >= 4 is 21.6 Å². The molecule has 0 N–H and O–H groups in total. The van der Waals surface area contributed by atoms with Crippen molar-refractivity contribution in [2.45, 2.75) is 54.6 Å². The number of hydrogen-bond donors (Lipinski definition) is 0. The van der Waals surface area contributed by atoms with E-state index >= 15 is 0 Å². The van der Waals surface area contributed by atoms with Crippen LogP contribution in [-0.2, 0) is 26.6 Å². The summed E-state index contributed by atoms with van der Waals surface area (Å²) < 4.78 is 45.6. The maximum Gasteiger partial charge on any atom is 0.242 e. The number of fused-ring (bicyclic) bond motifs is 5. The van der Waals surface area contributed by atoms with Gasteiger partial charge in [-0.3, -0.25) is 0 Å². The van der Waals surface area contributed by atoms with Crippen LogP contribution in [0, 0.1) is 5.92 Å². The molecule has 3 aliphatic rings. The van der Waals surface area contributed by atoms with E-state index in [9.17, 15) is 8.42 Å². The molecule has 0 unspecified atom stereocenters. The van der Waals surface area contributed by atoms with Gasteiger partial charge in [-0.15, -0.1) is 0 Å². The molecule has 1 heterocycles. The van der Waals surface area contributed by atoms with Crippen LogP contribution < -0.4 is 9.47 Å². The molecule has 4 atom stereocenters. The predicted molar refractivity (Wildman–Crippen MR) is 127 cm³/mol. The molecule has 2 fully saturated rings. The number of halogens is 1. The lowest BCUT2D eigenvalue weighted by Crippen LogP contribution is -2.49. The van der Waals surface area contributed by atoms with E-state index in [0.717, 1.165) is 36.8 Å². The third kappa shape index (κ3) is 3.55. The monoisotopic (exact) mass is 491 g/mol. The Hall–Kier alpha value is -1.80. The molecular weight excluding hydrogens is 462 g/mol. The van der Waals surface area contributed by atoms with E-state index in [1.165, 1.54) is 4.31 Å². The van der Waals surface area contributed by atoms with Gasteiger partial charge < -0.3 is 14.2 Å². The molecule has 1 aliphatic heterocycles. The predicted octanol–water partition coefficient (Wildman–Crippen LogP) is 4.43. The van der Waals surface area contributed by atoms with Gasteiger partial charge in [0, 0.05) is 35.7 Å². The zero-order valence-electron chi connectivity index (χ0n) is 19.2. The Labute approximate surface area is 200 Å². The van der Waals surface area contributed by atoms with Crippen molar-refractivity contribution in [3.63, 3.8) is 0 Å². The number of ether oxygens (including phenoxy) is 3. The Balaban J connectivity index is 1.57. The summed E-state index contributed by atoms with van der Waals surface area (Å²) in [6.07, 6.45) is 4.85. The number of nitrogens with zero attached hydrogens (tertiary/aromatic N) is 1. The summed E-state index contributed by atoms with van der Waals surface area (Å²) in [5, 5.41) is 0.675. The molecule has 0 amide bonds. The molecule has 33 heavy (non-hydrogen) atoms. The van der Waals surface area contributed by atoms with Gasteiger partial charge in [-0.25, -0.2) is 12.7 Å². The van der Waals surface area contributed by atoms with Crippen LogP contribution in [0.2, 0.25) is 5.02 Å².